The molecule has 0 saturated heterocycles. The predicted molar refractivity (Wildman–Crippen MR) is 251 cm³/mol. The molecule has 2 aliphatic rings. The highest BCUT2D eigenvalue weighted by Gasteiger charge is 2.51. The Balaban J connectivity index is 1.08. The number of nitrogens with zero attached hydrogens (tertiary/aromatic N) is 5. The van der Waals surface area contributed by atoms with Crippen LogP contribution in [0.1, 0.15) is 27.8 Å². The van der Waals surface area contributed by atoms with Crippen LogP contribution in [0.15, 0.2) is 213 Å². The first-order valence-electron chi connectivity index (χ1n) is 21.1. The third kappa shape index (κ3) is 5.84. The number of rotatable bonds is 6. The fraction of sp³-hybridized carbons (Fsp3) is 0.0172. The van der Waals surface area contributed by atoms with Crippen molar-refractivity contribution >= 4 is 0 Å². The summed E-state index contributed by atoms with van der Waals surface area (Å²) in [7, 11) is 0. The van der Waals surface area contributed by atoms with Gasteiger partial charge >= 0.3 is 0 Å². The summed E-state index contributed by atoms with van der Waals surface area (Å²) in [4.78, 5) is 20.1. The van der Waals surface area contributed by atoms with Crippen molar-refractivity contribution in [3.05, 3.63) is 240 Å². The maximum atomic E-state index is 10.2. The fourth-order valence-electron chi connectivity index (χ4n) is 9.83. The first-order chi connectivity index (χ1) is 31.2. The van der Waals surface area contributed by atoms with Gasteiger partial charge in [-0.2, -0.15) is 5.26 Å². The maximum absolute atomic E-state index is 10.2. The van der Waals surface area contributed by atoms with Crippen molar-refractivity contribution < 1.29 is 0 Å². The van der Waals surface area contributed by atoms with Gasteiger partial charge in [-0.1, -0.05) is 152 Å². The second-order valence-corrected chi connectivity index (χ2v) is 16.1. The average Bonchev–Trinajstić information content (AvgIpc) is 3.83. The summed E-state index contributed by atoms with van der Waals surface area (Å²) >= 11 is 0. The van der Waals surface area contributed by atoms with Crippen LogP contribution in [-0.2, 0) is 5.41 Å². The molecule has 63 heavy (non-hydrogen) atoms. The first-order valence-corrected chi connectivity index (χ1v) is 21.1. The third-order valence-electron chi connectivity index (χ3n) is 12.6. The summed E-state index contributed by atoms with van der Waals surface area (Å²) in [6.45, 7) is 0. The quantitative estimate of drug-likeness (QED) is 0.167. The molecule has 0 N–H and O–H groups in total. The monoisotopic (exact) mass is 801 g/mol. The van der Waals surface area contributed by atoms with Crippen molar-refractivity contribution in [1.82, 2.24) is 19.9 Å². The number of nitriles is 1. The zero-order chi connectivity index (χ0) is 41.9. The molecule has 2 heterocycles. The van der Waals surface area contributed by atoms with Crippen molar-refractivity contribution in [2.45, 2.75) is 5.41 Å². The second-order valence-electron chi connectivity index (χ2n) is 16.1. The van der Waals surface area contributed by atoms with Crippen LogP contribution in [0.2, 0.25) is 0 Å². The summed E-state index contributed by atoms with van der Waals surface area (Å²) in [5.41, 5.74) is 18.5. The predicted octanol–water partition coefficient (Wildman–Crippen LogP) is 13.5. The second kappa shape index (κ2) is 14.6. The van der Waals surface area contributed by atoms with Crippen LogP contribution in [0.5, 0.6) is 0 Å². The molecule has 12 rings (SSSR count). The van der Waals surface area contributed by atoms with Crippen LogP contribution in [-0.4, -0.2) is 19.9 Å². The molecule has 0 amide bonds. The van der Waals surface area contributed by atoms with E-state index in [4.69, 9.17) is 15.0 Å². The molecule has 8 aromatic carbocycles. The number of aromatic nitrogens is 4. The van der Waals surface area contributed by atoms with Crippen molar-refractivity contribution in [3.63, 3.8) is 0 Å². The van der Waals surface area contributed by atoms with E-state index in [1.165, 1.54) is 33.4 Å². The normalized spacial score (nSPS) is 12.6. The van der Waals surface area contributed by atoms with Gasteiger partial charge in [-0.05, 0) is 121 Å². The molecule has 1 spiro atoms. The molecule has 0 saturated carbocycles. The SMILES string of the molecule is N#Cc1ccc2c(c1)C1(c3ccccc3-c3ccccc31)c1cc(-c3cc(-c4cccnc4)cc(-c4nc(-c5ccccc5)nc(-c5cccc(-c6ccccc6)c5)n4)c3)ccc1-2. The van der Waals surface area contributed by atoms with Gasteiger partial charge in [0.2, 0.25) is 0 Å². The molecule has 0 radical (unpaired) electrons. The lowest BCUT2D eigenvalue weighted by atomic mass is 9.70. The number of fused-ring (bicyclic) bond motifs is 10. The Bertz CT molecular complexity index is 3420. The highest BCUT2D eigenvalue weighted by atomic mass is 15.0. The van der Waals surface area contributed by atoms with E-state index in [1.807, 2.05) is 54.7 Å². The fourth-order valence-corrected chi connectivity index (χ4v) is 9.83. The Hall–Kier alpha value is -8.59. The van der Waals surface area contributed by atoms with Gasteiger partial charge in [-0.25, -0.2) is 15.0 Å². The van der Waals surface area contributed by atoms with Crippen LogP contribution in [0.25, 0.3) is 89.8 Å². The Morgan fingerprint density at radius 2 is 0.825 bits per heavy atom. The van der Waals surface area contributed by atoms with E-state index in [1.54, 1.807) is 6.20 Å². The molecule has 10 aromatic rings. The molecule has 2 aliphatic carbocycles. The Labute approximate surface area is 365 Å². The van der Waals surface area contributed by atoms with E-state index in [2.05, 4.69) is 163 Å². The summed E-state index contributed by atoms with van der Waals surface area (Å²) < 4.78 is 0. The van der Waals surface area contributed by atoms with Crippen molar-refractivity contribution in [2.75, 3.05) is 0 Å². The van der Waals surface area contributed by atoms with Gasteiger partial charge < -0.3 is 0 Å². The molecule has 5 nitrogen and oxygen atoms in total. The van der Waals surface area contributed by atoms with Gasteiger partial charge in [0, 0.05) is 34.6 Å². The molecule has 0 atom stereocenters. The first kappa shape index (κ1) is 36.3. The lowest BCUT2D eigenvalue weighted by Crippen LogP contribution is -2.26. The molecule has 0 bridgehead atoms. The van der Waals surface area contributed by atoms with E-state index in [0.717, 1.165) is 61.2 Å². The summed E-state index contributed by atoms with van der Waals surface area (Å²) in [6.07, 6.45) is 3.70. The van der Waals surface area contributed by atoms with E-state index in [9.17, 15) is 5.26 Å². The molecule has 0 aliphatic heterocycles. The highest BCUT2D eigenvalue weighted by Crippen LogP contribution is 2.63. The lowest BCUT2D eigenvalue weighted by molar-refractivity contribution is 0.793. The summed E-state index contributed by atoms with van der Waals surface area (Å²) in [5, 5.41) is 10.2. The van der Waals surface area contributed by atoms with E-state index in [-0.39, 0.29) is 0 Å². The molecule has 5 heteroatoms. The van der Waals surface area contributed by atoms with Gasteiger partial charge in [0.1, 0.15) is 0 Å². The molecular formula is C58H35N5. The summed E-state index contributed by atoms with van der Waals surface area (Å²) in [5.74, 6) is 1.77. The van der Waals surface area contributed by atoms with Gasteiger partial charge in [-0.3, -0.25) is 4.98 Å². The lowest BCUT2D eigenvalue weighted by Gasteiger charge is -2.30. The van der Waals surface area contributed by atoms with Crippen LogP contribution in [0.3, 0.4) is 0 Å². The number of hydrogen-bond donors (Lipinski definition) is 0. The number of pyridine rings is 1. The van der Waals surface area contributed by atoms with Gasteiger partial charge in [0.25, 0.3) is 0 Å². The number of hydrogen-bond acceptors (Lipinski definition) is 5. The molecular weight excluding hydrogens is 767 g/mol. The Kier molecular flexibility index (Phi) is 8.38. The standard InChI is InChI=1S/C58H35N5/c59-35-37-24-26-49-50-27-25-41(34-54(50)58(53(49)29-37)51-22-9-7-20-47(51)48-21-8-10-23-52(48)58)44-31-45(43-19-12-28-60-36-43)33-46(32-44)57-62-55(39-15-5-2-6-16-39)61-56(63-57)42-18-11-17-40(30-42)38-13-3-1-4-14-38/h1-34,36H. The number of benzene rings is 8. The average molecular weight is 802 g/mol. The largest absolute Gasteiger partial charge is 0.264 e. The highest BCUT2D eigenvalue weighted by molar-refractivity contribution is 5.96. The van der Waals surface area contributed by atoms with Crippen LogP contribution < -0.4 is 0 Å². The zero-order valence-electron chi connectivity index (χ0n) is 33.9. The zero-order valence-corrected chi connectivity index (χ0v) is 33.9. The van der Waals surface area contributed by atoms with Gasteiger partial charge in [0.15, 0.2) is 17.5 Å². The summed E-state index contributed by atoms with van der Waals surface area (Å²) in [6, 6.07) is 72.5. The maximum Gasteiger partial charge on any atom is 0.164 e. The van der Waals surface area contributed by atoms with Crippen molar-refractivity contribution in [1.29, 1.82) is 5.26 Å². The van der Waals surface area contributed by atoms with Gasteiger partial charge in [-0.15, -0.1) is 0 Å². The minimum absolute atomic E-state index is 0.573. The topological polar surface area (TPSA) is 75.3 Å². The smallest absolute Gasteiger partial charge is 0.164 e. The van der Waals surface area contributed by atoms with Crippen LogP contribution >= 0.6 is 0 Å². The van der Waals surface area contributed by atoms with Crippen molar-refractivity contribution in [3.8, 4) is 95.9 Å². The van der Waals surface area contributed by atoms with E-state index in [0.29, 0.717) is 23.0 Å². The Morgan fingerprint density at radius 3 is 1.51 bits per heavy atom. The third-order valence-corrected chi connectivity index (χ3v) is 12.6. The van der Waals surface area contributed by atoms with Crippen molar-refractivity contribution in [2.24, 2.45) is 0 Å². The molecule has 0 fully saturated rings. The minimum atomic E-state index is -0.605. The Morgan fingerprint density at radius 1 is 0.333 bits per heavy atom. The minimum Gasteiger partial charge on any atom is -0.264 e. The molecule has 2 aromatic heterocycles. The molecule has 0 unspecified atom stereocenters. The van der Waals surface area contributed by atoms with Gasteiger partial charge in [0.05, 0.1) is 17.0 Å². The van der Waals surface area contributed by atoms with E-state index >= 15 is 0 Å². The van der Waals surface area contributed by atoms with E-state index < -0.39 is 5.41 Å². The van der Waals surface area contributed by atoms with Crippen LogP contribution in [0.4, 0.5) is 0 Å². The molecule has 292 valence electrons. The van der Waals surface area contributed by atoms with Crippen LogP contribution in [0, 0.1) is 11.3 Å².